The number of ether oxygens (including phenoxy) is 1. The molecule has 0 radical (unpaired) electrons. The molecule has 1 atom stereocenters. The number of nitrogens with one attached hydrogen (secondary N) is 1. The van der Waals surface area contributed by atoms with Crippen LogP contribution in [0.2, 0.25) is 5.02 Å². The van der Waals surface area contributed by atoms with E-state index in [9.17, 15) is 4.79 Å². The van der Waals surface area contributed by atoms with E-state index in [4.69, 9.17) is 16.3 Å². The molecule has 3 aromatic carbocycles. The van der Waals surface area contributed by atoms with Crippen molar-refractivity contribution in [2.24, 2.45) is 0 Å². The van der Waals surface area contributed by atoms with Crippen molar-refractivity contribution in [1.29, 1.82) is 0 Å². The molecular formula is C25H24ClNO2. The third kappa shape index (κ3) is 5.97. The molecule has 0 heterocycles. The molecule has 0 aliphatic heterocycles. The van der Waals surface area contributed by atoms with Gasteiger partial charge in [-0.25, -0.2) is 4.79 Å². The lowest BCUT2D eigenvalue weighted by atomic mass is 9.92. The monoisotopic (exact) mass is 405 g/mol. The van der Waals surface area contributed by atoms with Crippen molar-refractivity contribution in [2.45, 2.75) is 19.4 Å². The Morgan fingerprint density at radius 3 is 2.21 bits per heavy atom. The fraction of sp³-hybridized carbons (Fsp3) is 0.160. The average molecular weight is 406 g/mol. The Balaban J connectivity index is 2.07. The molecule has 4 heteroatoms. The van der Waals surface area contributed by atoms with Crippen LogP contribution in [0.25, 0.3) is 5.57 Å². The van der Waals surface area contributed by atoms with Gasteiger partial charge in [0.15, 0.2) is 0 Å². The van der Waals surface area contributed by atoms with Crippen molar-refractivity contribution in [1.82, 2.24) is 0 Å². The van der Waals surface area contributed by atoms with Crippen LogP contribution in [0.1, 0.15) is 30.5 Å². The molecule has 0 bridgehead atoms. The summed E-state index contributed by atoms with van der Waals surface area (Å²) in [6.07, 6.45) is 2.36. The summed E-state index contributed by atoms with van der Waals surface area (Å²) in [5.74, 6) is -0.348. The number of esters is 1. The van der Waals surface area contributed by atoms with Crippen molar-refractivity contribution in [3.05, 3.63) is 107 Å². The molecule has 0 aliphatic rings. The van der Waals surface area contributed by atoms with Gasteiger partial charge < -0.3 is 10.1 Å². The van der Waals surface area contributed by atoms with Gasteiger partial charge in [0, 0.05) is 16.8 Å². The summed E-state index contributed by atoms with van der Waals surface area (Å²) >= 11 is 6.11. The van der Waals surface area contributed by atoms with E-state index < -0.39 is 0 Å². The fourth-order valence-corrected chi connectivity index (χ4v) is 3.16. The minimum Gasteiger partial charge on any atom is -0.463 e. The highest BCUT2D eigenvalue weighted by atomic mass is 35.5. The molecule has 3 aromatic rings. The highest BCUT2D eigenvalue weighted by Crippen LogP contribution is 2.34. The Kier molecular flexibility index (Phi) is 7.48. The quantitative estimate of drug-likeness (QED) is 0.342. The molecule has 0 saturated carbocycles. The maximum Gasteiger partial charge on any atom is 0.331 e. The molecule has 29 heavy (non-hydrogen) atoms. The number of halogens is 1. The predicted molar refractivity (Wildman–Crippen MR) is 120 cm³/mol. The molecule has 1 unspecified atom stereocenters. The Hall–Kier alpha value is -3.04. The molecule has 0 aliphatic carbocycles. The van der Waals surface area contributed by atoms with Crippen molar-refractivity contribution in [3.63, 3.8) is 0 Å². The smallest absolute Gasteiger partial charge is 0.331 e. The first-order valence-electron chi connectivity index (χ1n) is 9.68. The molecule has 148 valence electrons. The fourth-order valence-electron chi connectivity index (χ4n) is 3.03. The molecule has 0 aromatic heterocycles. The number of carbonyl (C=O) groups is 1. The number of benzene rings is 3. The summed E-state index contributed by atoms with van der Waals surface area (Å²) in [6.45, 7) is 2.37. The Morgan fingerprint density at radius 1 is 0.966 bits per heavy atom. The summed E-state index contributed by atoms with van der Waals surface area (Å²) in [4.78, 5) is 12.5. The number of hydrogen-bond donors (Lipinski definition) is 1. The van der Waals surface area contributed by atoms with Crippen LogP contribution >= 0.6 is 11.6 Å². The van der Waals surface area contributed by atoms with E-state index in [1.807, 2.05) is 91.9 Å². The first-order chi connectivity index (χ1) is 14.2. The van der Waals surface area contributed by atoms with Gasteiger partial charge in [-0.1, -0.05) is 79.2 Å². The maximum atomic E-state index is 12.5. The average Bonchev–Trinajstić information content (AvgIpc) is 2.77. The summed E-state index contributed by atoms with van der Waals surface area (Å²) in [7, 11) is 0. The van der Waals surface area contributed by atoms with Crippen LogP contribution in [0.4, 0.5) is 5.69 Å². The Labute approximate surface area is 177 Å². The second kappa shape index (κ2) is 10.5. The van der Waals surface area contributed by atoms with Gasteiger partial charge in [-0.15, -0.1) is 0 Å². The van der Waals surface area contributed by atoms with Crippen LogP contribution in [0, 0.1) is 0 Å². The molecule has 3 rings (SSSR count). The maximum absolute atomic E-state index is 12.5. The van der Waals surface area contributed by atoms with Gasteiger partial charge in [0.05, 0.1) is 12.6 Å². The first kappa shape index (κ1) is 20.7. The number of hydrogen-bond acceptors (Lipinski definition) is 3. The van der Waals surface area contributed by atoms with Crippen LogP contribution in [0.3, 0.4) is 0 Å². The SMILES string of the molecule is CCCOC(=O)/C=C(\c1ccccc1)C(Nc1ccccc1)c1ccc(Cl)cc1. The second-order valence-corrected chi connectivity index (χ2v) is 7.06. The third-order valence-corrected chi connectivity index (χ3v) is 4.68. The van der Waals surface area contributed by atoms with Crippen molar-refractivity contribution < 1.29 is 9.53 Å². The van der Waals surface area contributed by atoms with Crippen molar-refractivity contribution in [2.75, 3.05) is 11.9 Å². The number of rotatable bonds is 8. The molecule has 0 fully saturated rings. The molecule has 1 N–H and O–H groups in total. The Morgan fingerprint density at radius 2 is 1.59 bits per heavy atom. The Bertz CT molecular complexity index is 938. The topological polar surface area (TPSA) is 38.3 Å². The van der Waals surface area contributed by atoms with Crippen LogP contribution in [-0.4, -0.2) is 12.6 Å². The van der Waals surface area contributed by atoms with E-state index in [0.717, 1.165) is 28.8 Å². The first-order valence-corrected chi connectivity index (χ1v) is 10.1. The van der Waals surface area contributed by atoms with E-state index in [2.05, 4.69) is 5.32 Å². The summed E-state index contributed by atoms with van der Waals surface area (Å²) in [5, 5.41) is 4.22. The van der Waals surface area contributed by atoms with Gasteiger partial charge >= 0.3 is 5.97 Å². The van der Waals surface area contributed by atoms with E-state index in [0.29, 0.717) is 11.6 Å². The molecule has 3 nitrogen and oxygen atoms in total. The molecule has 0 amide bonds. The second-order valence-electron chi connectivity index (χ2n) is 6.63. The normalized spacial score (nSPS) is 12.3. The third-order valence-electron chi connectivity index (χ3n) is 4.43. The summed E-state index contributed by atoms with van der Waals surface area (Å²) < 4.78 is 5.33. The molecule has 0 spiro atoms. The largest absolute Gasteiger partial charge is 0.463 e. The molecular weight excluding hydrogens is 382 g/mol. The summed E-state index contributed by atoms with van der Waals surface area (Å²) in [6, 6.07) is 27.2. The lowest BCUT2D eigenvalue weighted by Crippen LogP contribution is -2.15. The van der Waals surface area contributed by atoms with Gasteiger partial charge in [0.25, 0.3) is 0 Å². The van der Waals surface area contributed by atoms with Crippen LogP contribution in [0.15, 0.2) is 91.0 Å². The van der Waals surface area contributed by atoms with Crippen LogP contribution in [0.5, 0.6) is 0 Å². The highest BCUT2D eigenvalue weighted by Gasteiger charge is 2.20. The zero-order valence-corrected chi connectivity index (χ0v) is 17.1. The van der Waals surface area contributed by atoms with Crippen LogP contribution < -0.4 is 5.32 Å². The zero-order chi connectivity index (χ0) is 20.5. The lowest BCUT2D eigenvalue weighted by Gasteiger charge is -2.24. The standard InChI is InChI=1S/C25H24ClNO2/c1-2-17-29-24(28)18-23(19-9-5-3-6-10-19)25(20-13-15-21(26)16-14-20)27-22-11-7-4-8-12-22/h3-16,18,25,27H,2,17H2,1H3/b23-18+. The summed E-state index contributed by atoms with van der Waals surface area (Å²) in [5.41, 5.74) is 3.73. The van der Waals surface area contributed by atoms with Gasteiger partial charge in [0.1, 0.15) is 0 Å². The van der Waals surface area contributed by atoms with Gasteiger partial charge in [-0.3, -0.25) is 0 Å². The van der Waals surface area contributed by atoms with Crippen LogP contribution in [-0.2, 0) is 9.53 Å². The van der Waals surface area contributed by atoms with Gasteiger partial charge in [-0.05, 0) is 47.4 Å². The zero-order valence-electron chi connectivity index (χ0n) is 16.3. The van der Waals surface area contributed by atoms with E-state index in [1.165, 1.54) is 0 Å². The van der Waals surface area contributed by atoms with Gasteiger partial charge in [0.2, 0.25) is 0 Å². The minimum absolute atomic E-state index is 0.258. The van der Waals surface area contributed by atoms with E-state index >= 15 is 0 Å². The lowest BCUT2D eigenvalue weighted by molar-refractivity contribution is -0.137. The van der Waals surface area contributed by atoms with Gasteiger partial charge in [-0.2, -0.15) is 0 Å². The number of anilines is 1. The van der Waals surface area contributed by atoms with Crippen molar-refractivity contribution >= 4 is 28.8 Å². The van der Waals surface area contributed by atoms with E-state index in [-0.39, 0.29) is 12.0 Å². The van der Waals surface area contributed by atoms with Crippen molar-refractivity contribution in [3.8, 4) is 0 Å². The predicted octanol–water partition coefficient (Wildman–Crippen LogP) is 6.53. The number of para-hydroxylation sites is 1. The van der Waals surface area contributed by atoms with E-state index in [1.54, 1.807) is 6.08 Å². The highest BCUT2D eigenvalue weighted by molar-refractivity contribution is 6.30. The number of carbonyl (C=O) groups excluding carboxylic acids is 1. The molecule has 0 saturated heterocycles. The minimum atomic E-state index is -0.348.